The van der Waals surface area contributed by atoms with Gasteiger partial charge < -0.3 is 15.5 Å². The highest BCUT2D eigenvalue weighted by Gasteiger charge is 2.24. The summed E-state index contributed by atoms with van der Waals surface area (Å²) in [6, 6.07) is 19.6. The van der Waals surface area contributed by atoms with Gasteiger partial charge in [-0.05, 0) is 61.1 Å². The molecule has 2 N–H and O–H groups in total. The molecule has 6 aromatic rings. The highest BCUT2D eigenvalue weighted by molar-refractivity contribution is 7.15. The molecule has 0 unspecified atom stereocenters. The van der Waals surface area contributed by atoms with Gasteiger partial charge in [0.15, 0.2) is 4.96 Å². The third-order valence-electron chi connectivity index (χ3n) is 7.93. The number of carbonyl (C=O) groups is 2. The predicted octanol–water partition coefficient (Wildman–Crippen LogP) is 6.46. The van der Waals surface area contributed by atoms with Gasteiger partial charge in [0.05, 0.1) is 17.9 Å². The lowest BCUT2D eigenvalue weighted by atomic mass is 10.1. The number of carbonyl (C=O) groups excluding carboxylic acids is 2. The molecule has 13 heteroatoms. The van der Waals surface area contributed by atoms with E-state index in [0.29, 0.717) is 47.4 Å². The van der Waals surface area contributed by atoms with E-state index in [1.54, 1.807) is 35.4 Å². The van der Waals surface area contributed by atoms with Gasteiger partial charge in [0, 0.05) is 53.5 Å². The number of benzene rings is 3. The summed E-state index contributed by atoms with van der Waals surface area (Å²) in [7, 11) is 0. The number of nitrogens with zero attached hydrogens (tertiary/aromatic N) is 6. The van der Waals surface area contributed by atoms with Crippen LogP contribution in [0.25, 0.3) is 27.6 Å². The topological polar surface area (TPSA) is 108 Å². The first-order valence-corrected chi connectivity index (χ1v) is 15.8. The van der Waals surface area contributed by atoms with Crippen molar-refractivity contribution in [2.75, 3.05) is 41.7 Å². The lowest BCUT2D eigenvalue weighted by Crippen LogP contribution is -2.50. The monoisotopic (exact) mass is 650 g/mol. The second-order valence-electron chi connectivity index (χ2n) is 10.8. The number of likely N-dealkylation sites (N-methyl/N-ethyl adjacent to an activating group) is 1. The fraction of sp³-hybridized carbons (Fsp3) is 0.147. The molecule has 2 amide bonds. The largest absolute Gasteiger partial charge is 0.324 e. The Morgan fingerprint density at radius 1 is 0.957 bits per heavy atom. The van der Waals surface area contributed by atoms with Gasteiger partial charge in [0.1, 0.15) is 22.9 Å². The lowest BCUT2D eigenvalue weighted by molar-refractivity contribution is -0.121. The molecule has 0 spiro atoms. The van der Waals surface area contributed by atoms with Crippen LogP contribution in [0.4, 0.5) is 31.8 Å². The Morgan fingerprint density at radius 2 is 1.74 bits per heavy atom. The second-order valence-corrected chi connectivity index (χ2v) is 11.7. The number of hydrogen-bond donors (Lipinski definition) is 2. The summed E-state index contributed by atoms with van der Waals surface area (Å²) in [5, 5.41) is 7.77. The Balaban J connectivity index is 1.15. The summed E-state index contributed by atoms with van der Waals surface area (Å²) in [5.41, 5.74) is 3.87. The molecule has 1 aliphatic heterocycles. The number of thiazole rings is 1. The Bertz CT molecular complexity index is 2090. The quantitative estimate of drug-likeness (QED) is 0.195. The molecule has 0 atom stereocenters. The van der Waals surface area contributed by atoms with Gasteiger partial charge in [-0.3, -0.25) is 18.9 Å². The van der Waals surface area contributed by atoms with Gasteiger partial charge in [0.25, 0.3) is 5.91 Å². The Labute approximate surface area is 272 Å². The lowest BCUT2D eigenvalue weighted by Gasteiger charge is -2.33. The van der Waals surface area contributed by atoms with Gasteiger partial charge in [-0.2, -0.15) is 0 Å². The van der Waals surface area contributed by atoms with Crippen molar-refractivity contribution in [3.63, 3.8) is 0 Å². The first kappa shape index (κ1) is 30.1. The summed E-state index contributed by atoms with van der Waals surface area (Å²) in [6.45, 7) is 4.80. The summed E-state index contributed by atoms with van der Waals surface area (Å²) >= 11 is 1.46. The van der Waals surface area contributed by atoms with E-state index in [1.165, 1.54) is 17.4 Å². The maximum atomic E-state index is 14.2. The summed E-state index contributed by atoms with van der Waals surface area (Å²) in [6.07, 6.45) is 3.55. The van der Waals surface area contributed by atoms with E-state index in [1.807, 2.05) is 46.3 Å². The fourth-order valence-electron chi connectivity index (χ4n) is 5.55. The maximum Gasteiger partial charge on any atom is 0.261 e. The van der Waals surface area contributed by atoms with E-state index in [4.69, 9.17) is 9.97 Å². The van der Waals surface area contributed by atoms with Crippen LogP contribution in [-0.4, -0.2) is 62.2 Å². The molecule has 47 heavy (non-hydrogen) atoms. The van der Waals surface area contributed by atoms with Crippen molar-refractivity contribution >= 4 is 51.1 Å². The first-order valence-electron chi connectivity index (χ1n) is 14.9. The minimum atomic E-state index is -0.944. The van der Waals surface area contributed by atoms with Crippen molar-refractivity contribution in [3.8, 4) is 22.6 Å². The molecular weight excluding hydrogens is 622 g/mol. The van der Waals surface area contributed by atoms with Gasteiger partial charge in [0.2, 0.25) is 11.9 Å². The van der Waals surface area contributed by atoms with Crippen molar-refractivity contribution in [2.24, 2.45) is 0 Å². The van der Waals surface area contributed by atoms with Gasteiger partial charge in [-0.15, -0.1) is 11.3 Å². The molecule has 10 nitrogen and oxygen atoms in total. The molecule has 1 fully saturated rings. The molecule has 1 aliphatic rings. The van der Waals surface area contributed by atoms with E-state index in [9.17, 15) is 18.4 Å². The number of amides is 2. The molecule has 236 valence electrons. The number of hydrogen-bond acceptors (Lipinski definition) is 8. The van der Waals surface area contributed by atoms with E-state index in [2.05, 4.69) is 27.4 Å². The smallest absolute Gasteiger partial charge is 0.261 e. The number of aromatic nitrogens is 4. The number of nitrogens with one attached hydrogen (secondary N) is 2. The summed E-state index contributed by atoms with van der Waals surface area (Å²) < 4.78 is 30.4. The number of anilines is 4. The normalized spacial score (nSPS) is 13.7. The second kappa shape index (κ2) is 12.7. The van der Waals surface area contributed by atoms with E-state index in [0.717, 1.165) is 41.6 Å². The van der Waals surface area contributed by atoms with Crippen LogP contribution in [0.5, 0.6) is 0 Å². The van der Waals surface area contributed by atoms with Crippen LogP contribution in [0, 0.1) is 11.6 Å². The molecule has 3 aromatic heterocycles. The zero-order chi connectivity index (χ0) is 32.5. The first-order chi connectivity index (χ1) is 22.9. The Morgan fingerprint density at radius 3 is 2.51 bits per heavy atom. The molecule has 4 heterocycles. The standard InChI is InChI=1S/C34H28F2N8O2S/c1-2-42-15-16-43(28(45)20-42)24-11-9-22(10-12-24)39-33-37-14-13-27(40-33)31-30(41-34-44(31)17-18-47-34)21-5-3-6-23(19-21)38-32(46)29-25(35)7-4-8-26(29)36/h3-14,17-19H,2,15-16,20H2,1H3,(H,38,46)(H,37,39,40). The zero-order valence-electron chi connectivity index (χ0n) is 25.2. The minimum Gasteiger partial charge on any atom is -0.324 e. The van der Waals surface area contributed by atoms with Crippen LogP contribution >= 0.6 is 11.3 Å². The number of rotatable bonds is 8. The third-order valence-corrected chi connectivity index (χ3v) is 8.68. The summed E-state index contributed by atoms with van der Waals surface area (Å²) in [4.78, 5) is 44.1. The van der Waals surface area contributed by atoms with E-state index < -0.39 is 23.1 Å². The van der Waals surface area contributed by atoms with Crippen molar-refractivity contribution in [1.82, 2.24) is 24.3 Å². The van der Waals surface area contributed by atoms with Crippen LogP contribution in [0.3, 0.4) is 0 Å². The molecule has 0 radical (unpaired) electrons. The highest BCUT2D eigenvalue weighted by Crippen LogP contribution is 2.35. The maximum absolute atomic E-state index is 14.2. The third kappa shape index (κ3) is 6.05. The molecular formula is C34H28F2N8O2S. The average molecular weight is 651 g/mol. The number of piperazine rings is 1. The zero-order valence-corrected chi connectivity index (χ0v) is 26.0. The molecule has 1 saturated heterocycles. The number of halogens is 2. The fourth-order valence-corrected chi connectivity index (χ4v) is 6.27. The SMILES string of the molecule is CCN1CCN(c2ccc(Nc3nccc(-c4c(-c5cccc(NC(=O)c6c(F)cccc6F)c5)nc5sccn45)n3)cc2)C(=O)C1. The van der Waals surface area contributed by atoms with Crippen molar-refractivity contribution < 1.29 is 18.4 Å². The number of fused-ring (bicyclic) bond motifs is 1. The van der Waals surface area contributed by atoms with E-state index >= 15 is 0 Å². The number of imidazole rings is 1. The van der Waals surface area contributed by atoms with Crippen LogP contribution in [0.15, 0.2) is 90.6 Å². The van der Waals surface area contributed by atoms with Gasteiger partial charge in [-0.1, -0.05) is 25.1 Å². The van der Waals surface area contributed by atoms with Crippen LogP contribution in [0.1, 0.15) is 17.3 Å². The van der Waals surface area contributed by atoms with Gasteiger partial charge >= 0.3 is 0 Å². The highest BCUT2D eigenvalue weighted by atomic mass is 32.1. The van der Waals surface area contributed by atoms with Crippen LogP contribution in [0.2, 0.25) is 0 Å². The van der Waals surface area contributed by atoms with Gasteiger partial charge in [-0.25, -0.2) is 23.7 Å². The minimum absolute atomic E-state index is 0.0816. The van der Waals surface area contributed by atoms with Crippen molar-refractivity contribution in [1.29, 1.82) is 0 Å². The Kier molecular flexibility index (Phi) is 8.14. The van der Waals surface area contributed by atoms with Crippen molar-refractivity contribution in [2.45, 2.75) is 6.92 Å². The van der Waals surface area contributed by atoms with E-state index in [-0.39, 0.29) is 5.91 Å². The molecule has 0 bridgehead atoms. The molecule has 0 aliphatic carbocycles. The average Bonchev–Trinajstić information content (AvgIpc) is 3.67. The molecule has 0 saturated carbocycles. The molecule has 7 rings (SSSR count). The van der Waals surface area contributed by atoms with Crippen molar-refractivity contribution in [3.05, 3.63) is 108 Å². The predicted molar refractivity (Wildman–Crippen MR) is 178 cm³/mol. The summed E-state index contributed by atoms with van der Waals surface area (Å²) in [5.74, 6) is -2.33. The van der Waals surface area contributed by atoms with Crippen LogP contribution < -0.4 is 15.5 Å². The molecule has 3 aromatic carbocycles. The Hall–Kier alpha value is -5.53. The van der Waals surface area contributed by atoms with Crippen LogP contribution in [-0.2, 0) is 4.79 Å².